The normalized spacial score (nSPS) is 30.5. The van der Waals surface area contributed by atoms with E-state index >= 15 is 0 Å². The molecule has 0 radical (unpaired) electrons. The summed E-state index contributed by atoms with van der Waals surface area (Å²) in [5.41, 5.74) is -0.258. The summed E-state index contributed by atoms with van der Waals surface area (Å²) < 4.78 is 6.27. The summed E-state index contributed by atoms with van der Waals surface area (Å²) in [5.74, 6) is -3.52. The third-order valence-electron chi connectivity index (χ3n) is 7.48. The standard InChI is InChI=1S/C26H34N2O6/c1-4-12-27(14-17-8-6-5-7-9-17)24(31)22-26-11-10-19(34-26)20(25(32)33)21(26)23(30)28(22)18(15-29)13-16(2)3/h4-9,16,18-22,29H,1,10-15H2,2-3H3,(H,32,33)/t18-,19+,20-,21+,22?,26?/m1/s1. The molecule has 8 heteroatoms. The number of carboxylic acid groups (broad SMARTS) is 1. The maximum absolute atomic E-state index is 14.2. The number of hydrogen-bond acceptors (Lipinski definition) is 5. The third kappa shape index (κ3) is 3.92. The Balaban J connectivity index is 1.77. The molecular formula is C26H34N2O6. The van der Waals surface area contributed by atoms with Crippen molar-refractivity contribution in [1.29, 1.82) is 0 Å². The van der Waals surface area contributed by atoms with Crippen LogP contribution in [0.2, 0.25) is 0 Å². The Kier molecular flexibility index (Phi) is 6.82. The molecule has 3 heterocycles. The summed E-state index contributed by atoms with van der Waals surface area (Å²) >= 11 is 0. The second-order valence-electron chi connectivity index (χ2n) is 10.1. The number of aliphatic hydroxyl groups is 1. The van der Waals surface area contributed by atoms with E-state index in [2.05, 4.69) is 6.58 Å². The number of amides is 2. The van der Waals surface area contributed by atoms with Gasteiger partial charge in [0.05, 0.1) is 30.6 Å². The van der Waals surface area contributed by atoms with Gasteiger partial charge in [-0.1, -0.05) is 50.3 Å². The number of aliphatic carboxylic acids is 1. The minimum atomic E-state index is -1.19. The van der Waals surface area contributed by atoms with Crippen LogP contribution in [0.4, 0.5) is 0 Å². The zero-order valence-electron chi connectivity index (χ0n) is 19.8. The zero-order chi connectivity index (χ0) is 24.6. The Bertz CT molecular complexity index is 950. The lowest BCUT2D eigenvalue weighted by atomic mass is 9.70. The van der Waals surface area contributed by atoms with Crippen molar-refractivity contribution in [3.05, 3.63) is 48.6 Å². The van der Waals surface area contributed by atoms with Gasteiger partial charge in [-0.3, -0.25) is 14.4 Å². The number of nitrogens with zero attached hydrogens (tertiary/aromatic N) is 2. The van der Waals surface area contributed by atoms with Crippen LogP contribution in [-0.2, 0) is 25.7 Å². The zero-order valence-corrected chi connectivity index (χ0v) is 19.8. The highest BCUT2D eigenvalue weighted by Gasteiger charge is 2.75. The van der Waals surface area contributed by atoms with Crippen molar-refractivity contribution >= 4 is 17.8 Å². The van der Waals surface area contributed by atoms with E-state index in [9.17, 15) is 24.6 Å². The van der Waals surface area contributed by atoms with Gasteiger partial charge in [-0.2, -0.15) is 0 Å². The van der Waals surface area contributed by atoms with Crippen LogP contribution < -0.4 is 0 Å². The molecule has 3 fully saturated rings. The molecule has 2 N–H and O–H groups in total. The van der Waals surface area contributed by atoms with E-state index in [4.69, 9.17) is 4.74 Å². The summed E-state index contributed by atoms with van der Waals surface area (Å²) in [6.07, 6.45) is 2.49. The lowest BCUT2D eigenvalue weighted by Gasteiger charge is -2.39. The number of carbonyl (C=O) groups excluding carboxylic acids is 2. The molecule has 3 aliphatic heterocycles. The van der Waals surface area contributed by atoms with E-state index in [-0.39, 0.29) is 25.0 Å². The van der Waals surface area contributed by atoms with Gasteiger partial charge >= 0.3 is 5.97 Å². The average molecular weight is 471 g/mol. The van der Waals surface area contributed by atoms with E-state index in [1.165, 1.54) is 4.90 Å². The number of fused-ring (bicyclic) bond motifs is 1. The molecule has 0 saturated carbocycles. The van der Waals surface area contributed by atoms with Gasteiger partial charge < -0.3 is 24.7 Å². The van der Waals surface area contributed by atoms with Crippen LogP contribution in [0.25, 0.3) is 0 Å². The van der Waals surface area contributed by atoms with Crippen LogP contribution in [0.15, 0.2) is 43.0 Å². The number of ether oxygens (including phenoxy) is 1. The number of aliphatic hydroxyl groups excluding tert-OH is 1. The van der Waals surface area contributed by atoms with Crippen LogP contribution in [0.5, 0.6) is 0 Å². The van der Waals surface area contributed by atoms with E-state index in [1.54, 1.807) is 11.0 Å². The van der Waals surface area contributed by atoms with Crippen molar-refractivity contribution in [1.82, 2.24) is 9.80 Å². The highest BCUT2D eigenvalue weighted by atomic mass is 16.5. The van der Waals surface area contributed by atoms with Gasteiger partial charge in [-0.05, 0) is 30.7 Å². The average Bonchev–Trinajstić information content (AvgIpc) is 3.44. The minimum absolute atomic E-state index is 0.166. The predicted molar refractivity (Wildman–Crippen MR) is 124 cm³/mol. The highest BCUT2D eigenvalue weighted by molar-refractivity contribution is 5.98. The molecule has 3 aliphatic rings. The Morgan fingerprint density at radius 3 is 2.62 bits per heavy atom. The minimum Gasteiger partial charge on any atom is -0.481 e. The number of benzene rings is 1. The van der Waals surface area contributed by atoms with Crippen molar-refractivity contribution in [3.8, 4) is 0 Å². The monoisotopic (exact) mass is 470 g/mol. The highest BCUT2D eigenvalue weighted by Crippen LogP contribution is 2.59. The SMILES string of the molecule is C=CCN(Cc1ccccc1)C(=O)C1N([C@@H](CO)CC(C)C)C(=O)[C@@H]2[C@H](C(=O)O)[C@@H]3CCC12O3. The van der Waals surface area contributed by atoms with Crippen LogP contribution in [0.3, 0.4) is 0 Å². The van der Waals surface area contributed by atoms with Gasteiger partial charge in [0.25, 0.3) is 0 Å². The molecule has 6 atom stereocenters. The number of carboxylic acids is 1. The molecular weight excluding hydrogens is 436 g/mol. The fourth-order valence-corrected chi connectivity index (χ4v) is 6.23. The smallest absolute Gasteiger partial charge is 0.310 e. The van der Waals surface area contributed by atoms with E-state index in [0.717, 1.165) is 5.56 Å². The molecule has 4 rings (SSSR count). The fraction of sp³-hybridized carbons (Fsp3) is 0.577. The van der Waals surface area contributed by atoms with Crippen LogP contribution in [0, 0.1) is 17.8 Å². The van der Waals surface area contributed by atoms with E-state index in [1.807, 2.05) is 44.2 Å². The fourth-order valence-electron chi connectivity index (χ4n) is 6.23. The number of hydrogen-bond donors (Lipinski definition) is 2. The maximum Gasteiger partial charge on any atom is 0.310 e. The quantitative estimate of drug-likeness (QED) is 0.507. The van der Waals surface area contributed by atoms with E-state index < -0.39 is 47.5 Å². The molecule has 1 aromatic rings. The second kappa shape index (κ2) is 9.50. The van der Waals surface area contributed by atoms with Crippen molar-refractivity contribution in [3.63, 3.8) is 0 Å². The molecule has 3 saturated heterocycles. The molecule has 2 unspecified atom stereocenters. The van der Waals surface area contributed by atoms with Gasteiger partial charge in [-0.15, -0.1) is 6.58 Å². The van der Waals surface area contributed by atoms with Crippen molar-refractivity contribution < 1.29 is 29.3 Å². The molecule has 184 valence electrons. The largest absolute Gasteiger partial charge is 0.481 e. The van der Waals surface area contributed by atoms with Crippen molar-refractivity contribution in [2.24, 2.45) is 17.8 Å². The predicted octanol–water partition coefficient (Wildman–Crippen LogP) is 2.07. The second-order valence-corrected chi connectivity index (χ2v) is 10.1. The Labute approximate surface area is 200 Å². The van der Waals surface area contributed by atoms with Gasteiger partial charge in [0.1, 0.15) is 11.6 Å². The first kappa shape index (κ1) is 24.4. The molecule has 2 amide bonds. The molecule has 1 aromatic carbocycles. The first-order chi connectivity index (χ1) is 16.2. The number of likely N-dealkylation sites (tertiary alicyclic amines) is 1. The molecule has 2 bridgehead atoms. The lowest BCUT2D eigenvalue weighted by molar-refractivity contribution is -0.153. The van der Waals surface area contributed by atoms with Crippen LogP contribution in [0.1, 0.15) is 38.7 Å². The van der Waals surface area contributed by atoms with Crippen LogP contribution in [-0.4, -0.2) is 74.7 Å². The molecule has 0 aliphatic carbocycles. The molecule has 8 nitrogen and oxygen atoms in total. The summed E-state index contributed by atoms with van der Waals surface area (Å²) in [6, 6.07) is 7.97. The van der Waals surface area contributed by atoms with Gasteiger partial charge in [-0.25, -0.2) is 0 Å². The van der Waals surface area contributed by atoms with Gasteiger partial charge in [0.15, 0.2) is 0 Å². The van der Waals surface area contributed by atoms with Gasteiger partial charge in [0.2, 0.25) is 11.8 Å². The first-order valence-corrected chi connectivity index (χ1v) is 12.0. The van der Waals surface area contributed by atoms with Crippen molar-refractivity contribution in [2.75, 3.05) is 13.2 Å². The third-order valence-corrected chi connectivity index (χ3v) is 7.48. The van der Waals surface area contributed by atoms with Gasteiger partial charge in [0, 0.05) is 13.1 Å². The van der Waals surface area contributed by atoms with E-state index in [0.29, 0.717) is 25.8 Å². The molecule has 1 spiro atoms. The first-order valence-electron chi connectivity index (χ1n) is 12.0. The Morgan fingerprint density at radius 1 is 1.32 bits per heavy atom. The number of rotatable bonds is 10. The molecule has 0 aromatic heterocycles. The Morgan fingerprint density at radius 2 is 2.03 bits per heavy atom. The maximum atomic E-state index is 14.2. The Hall–Kier alpha value is -2.71. The summed E-state index contributed by atoms with van der Waals surface area (Å²) in [5, 5.41) is 20.2. The topological polar surface area (TPSA) is 107 Å². The van der Waals surface area contributed by atoms with Crippen LogP contribution >= 0.6 is 0 Å². The van der Waals surface area contributed by atoms with Crippen molar-refractivity contribution in [2.45, 2.75) is 63.4 Å². The summed E-state index contributed by atoms with van der Waals surface area (Å²) in [7, 11) is 0. The summed E-state index contributed by atoms with van der Waals surface area (Å²) in [4.78, 5) is 43.2. The molecule has 34 heavy (non-hydrogen) atoms. The summed E-state index contributed by atoms with van der Waals surface area (Å²) in [6.45, 7) is 8.06. The lowest BCUT2D eigenvalue weighted by Crippen LogP contribution is -2.58. The number of carbonyl (C=O) groups is 3.